The number of halogens is 1. The van der Waals surface area contributed by atoms with Crippen molar-refractivity contribution in [1.82, 2.24) is 10.2 Å². The SMILES string of the molecule is O=C(N[C@@H]1CCN2CCCC[C@H]12)[C@H]1CC(c2cccc(F)c2)=NO1. The Morgan fingerprint density at radius 3 is 3.08 bits per heavy atom. The number of nitrogens with one attached hydrogen (secondary N) is 1. The van der Waals surface area contributed by atoms with Crippen molar-refractivity contribution < 1.29 is 14.0 Å². The van der Waals surface area contributed by atoms with Crippen molar-refractivity contribution in [1.29, 1.82) is 0 Å². The highest BCUT2D eigenvalue weighted by molar-refractivity contribution is 6.04. The van der Waals surface area contributed by atoms with Gasteiger partial charge in [-0.1, -0.05) is 23.7 Å². The minimum atomic E-state index is -0.610. The zero-order chi connectivity index (χ0) is 16.5. The van der Waals surface area contributed by atoms with Crippen molar-refractivity contribution in [3.05, 3.63) is 35.6 Å². The smallest absolute Gasteiger partial charge is 0.264 e. The van der Waals surface area contributed by atoms with Crippen LogP contribution in [0.3, 0.4) is 0 Å². The highest BCUT2D eigenvalue weighted by atomic mass is 19.1. The number of carbonyl (C=O) groups is 1. The second kappa shape index (κ2) is 6.51. The Labute approximate surface area is 140 Å². The van der Waals surface area contributed by atoms with E-state index in [4.69, 9.17) is 4.84 Å². The molecule has 3 aliphatic heterocycles. The Hall–Kier alpha value is -1.95. The fourth-order valence-corrected chi connectivity index (χ4v) is 4.05. The van der Waals surface area contributed by atoms with Crippen LogP contribution in [0.5, 0.6) is 0 Å². The average molecular weight is 331 g/mol. The molecular weight excluding hydrogens is 309 g/mol. The van der Waals surface area contributed by atoms with E-state index in [0.29, 0.717) is 23.7 Å². The van der Waals surface area contributed by atoms with Crippen LogP contribution in [0.2, 0.25) is 0 Å². The fourth-order valence-electron chi connectivity index (χ4n) is 4.05. The number of fused-ring (bicyclic) bond motifs is 1. The Morgan fingerprint density at radius 1 is 1.29 bits per heavy atom. The predicted octanol–water partition coefficient (Wildman–Crippen LogP) is 2.06. The van der Waals surface area contributed by atoms with Crippen molar-refractivity contribution in [3.8, 4) is 0 Å². The molecule has 1 amide bonds. The van der Waals surface area contributed by atoms with E-state index in [-0.39, 0.29) is 17.8 Å². The third-order valence-corrected chi connectivity index (χ3v) is 5.30. The lowest BCUT2D eigenvalue weighted by molar-refractivity contribution is -0.132. The average Bonchev–Trinajstić information content (AvgIpc) is 3.23. The molecule has 0 aromatic heterocycles. The van der Waals surface area contributed by atoms with Gasteiger partial charge in [-0.25, -0.2) is 4.39 Å². The van der Waals surface area contributed by atoms with Crippen molar-refractivity contribution in [2.24, 2.45) is 5.16 Å². The van der Waals surface area contributed by atoms with Crippen LogP contribution in [-0.4, -0.2) is 47.8 Å². The second-order valence-electron chi connectivity index (χ2n) is 6.85. The molecule has 24 heavy (non-hydrogen) atoms. The predicted molar refractivity (Wildman–Crippen MR) is 88.2 cm³/mol. The maximum absolute atomic E-state index is 13.3. The quantitative estimate of drug-likeness (QED) is 0.922. The van der Waals surface area contributed by atoms with E-state index in [9.17, 15) is 9.18 Å². The van der Waals surface area contributed by atoms with Crippen LogP contribution in [-0.2, 0) is 9.63 Å². The lowest BCUT2D eigenvalue weighted by Gasteiger charge is -2.32. The highest BCUT2D eigenvalue weighted by Gasteiger charge is 2.38. The van der Waals surface area contributed by atoms with E-state index in [1.165, 1.54) is 25.0 Å². The fraction of sp³-hybridized carbons (Fsp3) is 0.556. The summed E-state index contributed by atoms with van der Waals surface area (Å²) in [6.45, 7) is 2.20. The van der Waals surface area contributed by atoms with Crippen LogP contribution in [0.25, 0.3) is 0 Å². The van der Waals surface area contributed by atoms with Gasteiger partial charge in [-0.2, -0.15) is 0 Å². The first-order valence-corrected chi connectivity index (χ1v) is 8.74. The Morgan fingerprint density at radius 2 is 2.21 bits per heavy atom. The van der Waals surface area contributed by atoms with Crippen LogP contribution < -0.4 is 5.32 Å². The van der Waals surface area contributed by atoms with Gasteiger partial charge in [-0.3, -0.25) is 9.69 Å². The molecule has 3 heterocycles. The van der Waals surface area contributed by atoms with E-state index in [1.54, 1.807) is 12.1 Å². The molecule has 6 heteroatoms. The molecule has 1 N–H and O–H groups in total. The lowest BCUT2D eigenvalue weighted by atomic mass is 9.98. The number of benzene rings is 1. The molecule has 128 valence electrons. The molecule has 0 spiro atoms. The molecule has 0 unspecified atom stereocenters. The number of oxime groups is 1. The van der Waals surface area contributed by atoms with Crippen molar-refractivity contribution in [2.75, 3.05) is 13.1 Å². The molecule has 5 nitrogen and oxygen atoms in total. The number of hydrogen-bond acceptors (Lipinski definition) is 4. The molecule has 3 aliphatic rings. The summed E-state index contributed by atoms with van der Waals surface area (Å²) in [5.74, 6) is -0.422. The molecule has 0 radical (unpaired) electrons. The molecule has 3 atom stereocenters. The van der Waals surface area contributed by atoms with Crippen LogP contribution in [0.1, 0.15) is 37.7 Å². The monoisotopic (exact) mass is 331 g/mol. The van der Waals surface area contributed by atoms with E-state index in [1.807, 2.05) is 0 Å². The van der Waals surface area contributed by atoms with E-state index < -0.39 is 6.10 Å². The van der Waals surface area contributed by atoms with Gasteiger partial charge in [0.05, 0.1) is 5.71 Å². The number of hydrogen-bond donors (Lipinski definition) is 1. The number of piperidine rings is 1. The van der Waals surface area contributed by atoms with E-state index >= 15 is 0 Å². The van der Waals surface area contributed by atoms with Gasteiger partial charge < -0.3 is 10.2 Å². The normalized spacial score (nSPS) is 29.7. The summed E-state index contributed by atoms with van der Waals surface area (Å²) in [6, 6.07) is 6.89. The van der Waals surface area contributed by atoms with Gasteiger partial charge in [0.1, 0.15) is 5.82 Å². The molecular formula is C18H22FN3O2. The summed E-state index contributed by atoms with van der Waals surface area (Å²) in [6.07, 6.45) is 4.42. The van der Waals surface area contributed by atoms with Crippen LogP contribution in [0.15, 0.2) is 29.4 Å². The van der Waals surface area contributed by atoms with Gasteiger partial charge in [0.25, 0.3) is 5.91 Å². The van der Waals surface area contributed by atoms with Gasteiger partial charge in [-0.15, -0.1) is 0 Å². The Bertz CT molecular complexity index is 663. The Balaban J connectivity index is 1.35. The van der Waals surface area contributed by atoms with Crippen LogP contribution >= 0.6 is 0 Å². The lowest BCUT2D eigenvalue weighted by Crippen LogP contribution is -2.49. The first-order chi connectivity index (χ1) is 11.7. The molecule has 2 saturated heterocycles. The molecule has 1 aromatic carbocycles. The van der Waals surface area contributed by atoms with Gasteiger partial charge in [-0.05, 0) is 37.9 Å². The summed E-state index contributed by atoms with van der Waals surface area (Å²) in [5.41, 5.74) is 1.30. The molecule has 2 fully saturated rings. The standard InChI is InChI=1S/C18H22FN3O2/c19-13-5-3-4-12(10-13)15-11-17(24-21-15)18(23)20-14-7-9-22-8-2-1-6-16(14)22/h3-5,10,14,16-17H,1-2,6-9,11H2,(H,20,23)/t14-,16-,17-/m1/s1. The third kappa shape index (κ3) is 3.02. The molecule has 1 aromatic rings. The summed E-state index contributed by atoms with van der Waals surface area (Å²) in [7, 11) is 0. The van der Waals surface area contributed by atoms with E-state index in [0.717, 1.165) is 25.9 Å². The summed E-state index contributed by atoms with van der Waals surface area (Å²) in [4.78, 5) is 20.3. The summed E-state index contributed by atoms with van der Waals surface area (Å²) in [5, 5.41) is 7.13. The highest BCUT2D eigenvalue weighted by Crippen LogP contribution is 2.27. The first-order valence-electron chi connectivity index (χ1n) is 8.74. The van der Waals surface area contributed by atoms with Crippen molar-refractivity contribution in [3.63, 3.8) is 0 Å². The number of carbonyl (C=O) groups excluding carboxylic acids is 1. The van der Waals surface area contributed by atoms with Crippen molar-refractivity contribution >= 4 is 11.6 Å². The van der Waals surface area contributed by atoms with Crippen LogP contribution in [0.4, 0.5) is 4.39 Å². The minimum absolute atomic E-state index is 0.109. The molecule has 0 aliphatic carbocycles. The minimum Gasteiger partial charge on any atom is -0.382 e. The van der Waals surface area contributed by atoms with Gasteiger partial charge >= 0.3 is 0 Å². The molecule has 0 bridgehead atoms. The molecule has 4 rings (SSSR count). The maximum Gasteiger partial charge on any atom is 0.264 e. The zero-order valence-corrected chi connectivity index (χ0v) is 13.6. The van der Waals surface area contributed by atoms with Gasteiger partial charge in [0, 0.05) is 30.6 Å². The van der Waals surface area contributed by atoms with Crippen molar-refractivity contribution in [2.45, 2.75) is 50.3 Å². The first kappa shape index (κ1) is 15.6. The second-order valence-corrected chi connectivity index (χ2v) is 6.85. The maximum atomic E-state index is 13.3. The third-order valence-electron chi connectivity index (χ3n) is 5.30. The largest absolute Gasteiger partial charge is 0.382 e. The topological polar surface area (TPSA) is 53.9 Å². The van der Waals surface area contributed by atoms with Gasteiger partial charge in [0.2, 0.25) is 6.10 Å². The number of nitrogens with zero attached hydrogens (tertiary/aromatic N) is 2. The zero-order valence-electron chi connectivity index (χ0n) is 13.6. The van der Waals surface area contributed by atoms with E-state index in [2.05, 4.69) is 15.4 Å². The van der Waals surface area contributed by atoms with Gasteiger partial charge in [0.15, 0.2) is 0 Å². The van der Waals surface area contributed by atoms with Crippen LogP contribution in [0, 0.1) is 5.82 Å². The number of rotatable bonds is 3. The molecule has 0 saturated carbocycles. The number of amides is 1. The Kier molecular flexibility index (Phi) is 4.22. The summed E-state index contributed by atoms with van der Waals surface area (Å²) < 4.78 is 13.3. The summed E-state index contributed by atoms with van der Waals surface area (Å²) >= 11 is 0.